The van der Waals surface area contributed by atoms with Gasteiger partial charge in [-0.1, -0.05) is 42.0 Å². The van der Waals surface area contributed by atoms with Gasteiger partial charge < -0.3 is 5.32 Å². The normalized spacial score (nSPS) is 10.7. The number of hydrogen-bond acceptors (Lipinski definition) is 6. The first-order chi connectivity index (χ1) is 13.1. The van der Waals surface area contributed by atoms with E-state index in [1.54, 1.807) is 17.1 Å². The van der Waals surface area contributed by atoms with Crippen molar-refractivity contribution in [2.24, 2.45) is 7.05 Å². The van der Waals surface area contributed by atoms with Gasteiger partial charge in [0.15, 0.2) is 5.82 Å². The Bertz CT molecular complexity index is 1100. The number of carbonyl (C=O) groups is 1. The van der Waals surface area contributed by atoms with Crippen molar-refractivity contribution in [2.45, 2.75) is 6.92 Å². The highest BCUT2D eigenvalue weighted by atomic mass is 32.1. The lowest BCUT2D eigenvalue weighted by atomic mass is 10.2. The second-order valence-electron chi connectivity index (χ2n) is 6.06. The van der Waals surface area contributed by atoms with E-state index in [9.17, 15) is 4.79 Å². The topological polar surface area (TPSA) is 85.6 Å². The largest absolute Gasteiger partial charge is 0.321 e. The van der Waals surface area contributed by atoms with Crippen LogP contribution >= 0.6 is 11.3 Å². The molecule has 4 rings (SSSR count). The molecule has 0 unspecified atom stereocenters. The molecule has 2 aromatic carbocycles. The summed E-state index contributed by atoms with van der Waals surface area (Å²) in [5, 5.41) is 16.9. The molecule has 0 aliphatic rings. The lowest BCUT2D eigenvalue weighted by Gasteiger charge is -2.05. The first-order valence-corrected chi connectivity index (χ1v) is 9.15. The van der Waals surface area contributed by atoms with Gasteiger partial charge >= 0.3 is 0 Å². The third-order valence-corrected chi connectivity index (χ3v) is 4.93. The van der Waals surface area contributed by atoms with Crippen LogP contribution in [-0.2, 0) is 7.05 Å². The van der Waals surface area contributed by atoms with E-state index in [-0.39, 0.29) is 5.91 Å². The van der Waals surface area contributed by atoms with Crippen LogP contribution in [0.4, 0.5) is 5.69 Å². The third kappa shape index (κ3) is 3.61. The van der Waals surface area contributed by atoms with Crippen LogP contribution in [0.2, 0.25) is 0 Å². The van der Waals surface area contributed by atoms with Crippen molar-refractivity contribution in [3.8, 4) is 22.0 Å². The molecule has 27 heavy (non-hydrogen) atoms. The Labute approximate surface area is 159 Å². The van der Waals surface area contributed by atoms with Gasteiger partial charge in [0.05, 0.1) is 0 Å². The van der Waals surface area contributed by atoms with Crippen LogP contribution < -0.4 is 5.32 Å². The summed E-state index contributed by atoms with van der Waals surface area (Å²) in [6.07, 6.45) is 0. The van der Waals surface area contributed by atoms with Gasteiger partial charge in [-0.05, 0) is 29.5 Å². The highest BCUT2D eigenvalue weighted by Crippen LogP contribution is 2.25. The molecule has 0 fully saturated rings. The zero-order chi connectivity index (χ0) is 18.8. The first kappa shape index (κ1) is 17.0. The molecule has 2 aromatic heterocycles. The molecule has 0 aliphatic heterocycles. The number of hydrogen-bond donors (Lipinski definition) is 1. The number of aromatic nitrogens is 5. The van der Waals surface area contributed by atoms with E-state index in [0.717, 1.165) is 16.1 Å². The van der Waals surface area contributed by atoms with Crippen LogP contribution in [0.3, 0.4) is 0 Å². The van der Waals surface area contributed by atoms with E-state index in [1.807, 2.05) is 55.5 Å². The fourth-order valence-electron chi connectivity index (χ4n) is 2.61. The summed E-state index contributed by atoms with van der Waals surface area (Å²) in [4.78, 5) is 17.0. The van der Waals surface area contributed by atoms with E-state index in [0.29, 0.717) is 17.2 Å². The number of rotatable bonds is 4. The summed E-state index contributed by atoms with van der Waals surface area (Å²) in [6, 6.07) is 15.5. The molecule has 7 nitrogen and oxygen atoms in total. The number of thiazole rings is 1. The number of aryl methyl sites for hydroxylation is 2. The van der Waals surface area contributed by atoms with Gasteiger partial charge in [0.1, 0.15) is 10.7 Å². The molecule has 1 amide bonds. The minimum atomic E-state index is -0.252. The Balaban J connectivity index is 1.53. The number of tetrazole rings is 1. The van der Waals surface area contributed by atoms with E-state index in [2.05, 4.69) is 25.8 Å². The van der Waals surface area contributed by atoms with Crippen LogP contribution in [0.15, 0.2) is 53.9 Å². The molecule has 134 valence electrons. The van der Waals surface area contributed by atoms with Gasteiger partial charge in [-0.2, -0.15) is 0 Å². The predicted octanol–water partition coefficient (Wildman–Crippen LogP) is 3.56. The van der Waals surface area contributed by atoms with Crippen LogP contribution in [0.5, 0.6) is 0 Å². The minimum Gasteiger partial charge on any atom is -0.321 e. The number of carbonyl (C=O) groups excluding carboxylic acids is 1. The molecule has 0 saturated carbocycles. The van der Waals surface area contributed by atoms with Gasteiger partial charge in [-0.15, -0.1) is 16.4 Å². The molecule has 0 aliphatic carbocycles. The molecular formula is C19H16N6OS. The molecule has 1 N–H and O–H groups in total. The predicted molar refractivity (Wildman–Crippen MR) is 104 cm³/mol. The monoisotopic (exact) mass is 376 g/mol. The van der Waals surface area contributed by atoms with Crippen molar-refractivity contribution in [1.29, 1.82) is 0 Å². The molecule has 8 heteroatoms. The zero-order valence-electron chi connectivity index (χ0n) is 14.7. The maximum absolute atomic E-state index is 12.6. The smallest absolute Gasteiger partial charge is 0.275 e. The van der Waals surface area contributed by atoms with E-state index in [1.165, 1.54) is 16.9 Å². The summed E-state index contributed by atoms with van der Waals surface area (Å²) in [7, 11) is 1.77. The number of anilines is 1. The van der Waals surface area contributed by atoms with Crippen LogP contribution in [-0.4, -0.2) is 31.1 Å². The molecule has 0 saturated heterocycles. The molecule has 2 heterocycles. The summed E-state index contributed by atoms with van der Waals surface area (Å²) in [5.74, 6) is 0.374. The second kappa shape index (κ2) is 7.08. The molecule has 0 atom stereocenters. The Hall–Kier alpha value is -3.39. The average Bonchev–Trinajstić information content (AvgIpc) is 3.32. The summed E-state index contributed by atoms with van der Waals surface area (Å²) >= 11 is 1.45. The summed E-state index contributed by atoms with van der Waals surface area (Å²) in [5.41, 5.74) is 4.05. The average molecular weight is 376 g/mol. The van der Waals surface area contributed by atoms with Crippen LogP contribution in [0.1, 0.15) is 16.1 Å². The third-order valence-electron chi connectivity index (χ3n) is 4.03. The zero-order valence-corrected chi connectivity index (χ0v) is 15.6. The van der Waals surface area contributed by atoms with Gasteiger partial charge in [-0.25, -0.2) is 9.67 Å². The van der Waals surface area contributed by atoms with Crippen molar-refractivity contribution in [2.75, 3.05) is 5.32 Å². The molecule has 4 aromatic rings. The number of nitrogens with zero attached hydrogens (tertiary/aromatic N) is 5. The number of benzene rings is 2. The van der Waals surface area contributed by atoms with Gasteiger partial charge in [0.25, 0.3) is 5.91 Å². The van der Waals surface area contributed by atoms with Crippen molar-refractivity contribution in [3.63, 3.8) is 0 Å². The maximum Gasteiger partial charge on any atom is 0.275 e. The van der Waals surface area contributed by atoms with E-state index >= 15 is 0 Å². The Morgan fingerprint density at radius 3 is 2.67 bits per heavy atom. The van der Waals surface area contributed by atoms with Crippen molar-refractivity contribution < 1.29 is 4.79 Å². The van der Waals surface area contributed by atoms with E-state index < -0.39 is 0 Å². The SMILES string of the molecule is Cc1ccc(-c2nc(C(=O)Nc3cccc(-c4nnnn4C)c3)cs2)cc1. The van der Waals surface area contributed by atoms with Gasteiger partial charge in [0, 0.05) is 29.2 Å². The second-order valence-corrected chi connectivity index (χ2v) is 6.92. The Morgan fingerprint density at radius 1 is 1.11 bits per heavy atom. The van der Waals surface area contributed by atoms with Crippen LogP contribution in [0.25, 0.3) is 22.0 Å². The maximum atomic E-state index is 12.6. The van der Waals surface area contributed by atoms with E-state index in [4.69, 9.17) is 0 Å². The van der Waals surface area contributed by atoms with Gasteiger partial charge in [0.2, 0.25) is 0 Å². The molecule has 0 bridgehead atoms. The molecular weight excluding hydrogens is 360 g/mol. The van der Waals surface area contributed by atoms with Crippen molar-refractivity contribution in [1.82, 2.24) is 25.2 Å². The lowest BCUT2D eigenvalue weighted by Crippen LogP contribution is -2.12. The Kier molecular flexibility index (Phi) is 4.47. The van der Waals surface area contributed by atoms with Crippen molar-refractivity contribution in [3.05, 3.63) is 65.2 Å². The highest BCUT2D eigenvalue weighted by Gasteiger charge is 2.13. The highest BCUT2D eigenvalue weighted by molar-refractivity contribution is 7.13. The van der Waals surface area contributed by atoms with Gasteiger partial charge in [-0.3, -0.25) is 4.79 Å². The minimum absolute atomic E-state index is 0.252. The summed E-state index contributed by atoms with van der Waals surface area (Å²) in [6.45, 7) is 2.04. The fraction of sp³-hybridized carbons (Fsp3) is 0.105. The number of amides is 1. The van der Waals surface area contributed by atoms with Crippen LogP contribution in [0, 0.1) is 6.92 Å². The quantitative estimate of drug-likeness (QED) is 0.589. The van der Waals surface area contributed by atoms with Crippen molar-refractivity contribution >= 4 is 22.9 Å². The Morgan fingerprint density at radius 2 is 1.93 bits per heavy atom. The number of nitrogens with one attached hydrogen (secondary N) is 1. The molecule has 0 radical (unpaired) electrons. The standard InChI is InChI=1S/C19H16N6OS/c1-12-6-8-13(9-7-12)19-21-16(11-27-19)18(26)20-15-5-3-4-14(10-15)17-22-23-24-25(17)2/h3-11H,1-2H3,(H,20,26). The lowest BCUT2D eigenvalue weighted by molar-refractivity contribution is 0.102. The molecule has 0 spiro atoms. The fourth-order valence-corrected chi connectivity index (χ4v) is 3.42. The first-order valence-electron chi connectivity index (χ1n) is 8.27. The summed E-state index contributed by atoms with van der Waals surface area (Å²) < 4.78 is 1.58.